The number of carbonyl (C=O) groups is 1. The van der Waals surface area contributed by atoms with Crippen LogP contribution >= 0.6 is 23.4 Å². The second-order valence-electron chi connectivity index (χ2n) is 2.89. The van der Waals surface area contributed by atoms with Gasteiger partial charge in [0.25, 0.3) is 5.91 Å². The number of aliphatic hydroxyl groups is 1. The molecule has 1 unspecified atom stereocenters. The third kappa shape index (κ3) is 1.73. The Morgan fingerprint density at radius 3 is 2.57 bits per heavy atom. The molecule has 0 spiro atoms. The Morgan fingerprint density at radius 1 is 1.43 bits per heavy atom. The fourth-order valence-electron chi connectivity index (χ4n) is 1.24. The monoisotopic (exact) mass is 229 g/mol. The summed E-state index contributed by atoms with van der Waals surface area (Å²) in [6.45, 7) is 0. The second-order valence-corrected chi connectivity index (χ2v) is 4.37. The molecule has 1 aromatic rings. The minimum absolute atomic E-state index is 0.266. The lowest BCUT2D eigenvalue weighted by Gasteiger charge is -2.14. The molecule has 1 aliphatic rings. The molecule has 0 saturated carbocycles. The highest BCUT2D eigenvalue weighted by Gasteiger charge is 2.31. The number of carbonyl (C=O) groups excluding carboxylic acids is 1. The van der Waals surface area contributed by atoms with E-state index in [9.17, 15) is 9.90 Å². The van der Waals surface area contributed by atoms with Crippen molar-refractivity contribution in [3.8, 4) is 0 Å². The summed E-state index contributed by atoms with van der Waals surface area (Å²) < 4.78 is 0. The van der Waals surface area contributed by atoms with Crippen LogP contribution in [0, 0.1) is 0 Å². The minimum atomic E-state index is -0.925. The van der Waals surface area contributed by atoms with Gasteiger partial charge in [0, 0.05) is 10.7 Å². The SMILES string of the molecule is O=C1C(O)SCN1c1ccc(Cl)cc1. The zero-order chi connectivity index (χ0) is 10.1. The summed E-state index contributed by atoms with van der Waals surface area (Å²) in [6, 6.07) is 6.97. The number of rotatable bonds is 1. The van der Waals surface area contributed by atoms with E-state index in [0.29, 0.717) is 10.9 Å². The molecule has 0 bridgehead atoms. The normalized spacial score (nSPS) is 21.7. The number of amides is 1. The van der Waals surface area contributed by atoms with E-state index in [1.54, 1.807) is 24.3 Å². The molecule has 1 amide bonds. The summed E-state index contributed by atoms with van der Waals surface area (Å²) >= 11 is 6.94. The molecule has 1 aromatic carbocycles. The fourth-order valence-corrected chi connectivity index (χ4v) is 2.20. The second kappa shape index (κ2) is 3.81. The van der Waals surface area contributed by atoms with Crippen molar-refractivity contribution in [1.82, 2.24) is 0 Å². The number of hydrogen-bond acceptors (Lipinski definition) is 3. The van der Waals surface area contributed by atoms with Crippen LogP contribution in [0.1, 0.15) is 0 Å². The first-order valence-corrected chi connectivity index (χ1v) is 5.48. The lowest BCUT2D eigenvalue weighted by molar-refractivity contribution is -0.121. The van der Waals surface area contributed by atoms with Crippen molar-refractivity contribution in [3.63, 3.8) is 0 Å². The molecule has 1 saturated heterocycles. The molecule has 1 aliphatic heterocycles. The van der Waals surface area contributed by atoms with E-state index >= 15 is 0 Å². The van der Waals surface area contributed by atoms with Gasteiger partial charge in [0.05, 0.1) is 5.88 Å². The lowest BCUT2D eigenvalue weighted by atomic mass is 10.3. The Bertz CT molecular complexity index is 354. The van der Waals surface area contributed by atoms with E-state index in [0.717, 1.165) is 5.69 Å². The van der Waals surface area contributed by atoms with Crippen molar-refractivity contribution in [1.29, 1.82) is 0 Å². The fraction of sp³-hybridized carbons (Fsp3) is 0.222. The van der Waals surface area contributed by atoms with Crippen molar-refractivity contribution in [3.05, 3.63) is 29.3 Å². The summed E-state index contributed by atoms with van der Waals surface area (Å²) in [5.41, 5.74) is -0.158. The number of halogens is 1. The van der Waals surface area contributed by atoms with Crippen molar-refractivity contribution in [2.75, 3.05) is 10.8 Å². The van der Waals surface area contributed by atoms with E-state index in [-0.39, 0.29) is 5.91 Å². The van der Waals surface area contributed by atoms with Crippen LogP contribution in [0.3, 0.4) is 0 Å². The number of hydrogen-bond donors (Lipinski definition) is 1. The number of anilines is 1. The molecule has 1 heterocycles. The average Bonchev–Trinajstić information content (AvgIpc) is 2.50. The van der Waals surface area contributed by atoms with Gasteiger partial charge in [-0.2, -0.15) is 0 Å². The van der Waals surface area contributed by atoms with Crippen LogP contribution in [0.5, 0.6) is 0 Å². The third-order valence-corrected chi connectivity index (χ3v) is 3.15. The highest BCUT2D eigenvalue weighted by molar-refractivity contribution is 8.01. The molecule has 14 heavy (non-hydrogen) atoms. The van der Waals surface area contributed by atoms with Crippen LogP contribution in [-0.2, 0) is 4.79 Å². The Hall–Kier alpha value is -0.710. The first kappa shape index (κ1) is 9.83. The molecule has 1 fully saturated rings. The van der Waals surface area contributed by atoms with Crippen LogP contribution in [0.25, 0.3) is 0 Å². The third-order valence-electron chi connectivity index (χ3n) is 1.98. The predicted molar refractivity (Wildman–Crippen MR) is 57.4 cm³/mol. The zero-order valence-electron chi connectivity index (χ0n) is 7.18. The van der Waals surface area contributed by atoms with E-state index < -0.39 is 5.44 Å². The largest absolute Gasteiger partial charge is 0.373 e. The number of aliphatic hydroxyl groups excluding tert-OH is 1. The molecule has 1 atom stereocenters. The Morgan fingerprint density at radius 2 is 2.07 bits per heavy atom. The van der Waals surface area contributed by atoms with Crippen LogP contribution in [0.2, 0.25) is 5.02 Å². The first-order valence-electron chi connectivity index (χ1n) is 4.05. The van der Waals surface area contributed by atoms with Crippen LogP contribution in [0.4, 0.5) is 5.69 Å². The van der Waals surface area contributed by atoms with Gasteiger partial charge in [0.2, 0.25) is 0 Å². The van der Waals surface area contributed by atoms with E-state index in [1.807, 2.05) is 0 Å². The van der Waals surface area contributed by atoms with Gasteiger partial charge in [-0.05, 0) is 24.3 Å². The summed E-state index contributed by atoms with van der Waals surface area (Å²) in [4.78, 5) is 12.9. The summed E-state index contributed by atoms with van der Waals surface area (Å²) in [6.07, 6.45) is 0. The number of nitrogens with zero attached hydrogens (tertiary/aromatic N) is 1. The molecular formula is C9H8ClNO2S. The lowest BCUT2D eigenvalue weighted by Crippen LogP contribution is -2.28. The highest BCUT2D eigenvalue weighted by atomic mass is 35.5. The zero-order valence-corrected chi connectivity index (χ0v) is 8.76. The van der Waals surface area contributed by atoms with Crippen LogP contribution in [0.15, 0.2) is 24.3 Å². The van der Waals surface area contributed by atoms with E-state index in [4.69, 9.17) is 11.6 Å². The first-order chi connectivity index (χ1) is 6.68. The predicted octanol–water partition coefficient (Wildman–Crippen LogP) is 1.70. The topological polar surface area (TPSA) is 40.5 Å². The summed E-state index contributed by atoms with van der Waals surface area (Å²) in [5, 5.41) is 9.86. The quantitative estimate of drug-likeness (QED) is 0.797. The smallest absolute Gasteiger partial charge is 0.267 e. The Balaban J connectivity index is 2.24. The standard InChI is InChI=1S/C9H8ClNO2S/c10-6-1-3-7(4-2-6)11-5-14-9(13)8(11)12/h1-4,9,13H,5H2. The molecule has 0 radical (unpaired) electrons. The molecular weight excluding hydrogens is 222 g/mol. The molecule has 2 rings (SSSR count). The van der Waals surface area contributed by atoms with Gasteiger partial charge < -0.3 is 5.11 Å². The number of thioether (sulfide) groups is 1. The maximum atomic E-state index is 11.4. The number of benzene rings is 1. The summed E-state index contributed by atoms with van der Waals surface area (Å²) in [5.74, 6) is 0.221. The van der Waals surface area contributed by atoms with Gasteiger partial charge in [-0.15, -0.1) is 0 Å². The van der Waals surface area contributed by atoms with Gasteiger partial charge in [-0.25, -0.2) is 0 Å². The molecule has 3 nitrogen and oxygen atoms in total. The van der Waals surface area contributed by atoms with Crippen molar-refractivity contribution in [2.45, 2.75) is 5.44 Å². The van der Waals surface area contributed by atoms with Crippen molar-refractivity contribution < 1.29 is 9.90 Å². The van der Waals surface area contributed by atoms with Gasteiger partial charge >= 0.3 is 0 Å². The van der Waals surface area contributed by atoms with Gasteiger partial charge in [-0.1, -0.05) is 23.4 Å². The van der Waals surface area contributed by atoms with Gasteiger partial charge in [0.15, 0.2) is 5.44 Å². The van der Waals surface area contributed by atoms with Crippen LogP contribution < -0.4 is 4.90 Å². The molecule has 0 aromatic heterocycles. The highest BCUT2D eigenvalue weighted by Crippen LogP contribution is 2.28. The maximum Gasteiger partial charge on any atom is 0.267 e. The summed E-state index contributed by atoms with van der Waals surface area (Å²) in [7, 11) is 0. The molecule has 0 aliphatic carbocycles. The molecule has 1 N–H and O–H groups in total. The van der Waals surface area contributed by atoms with Crippen molar-refractivity contribution in [2.24, 2.45) is 0 Å². The molecule has 5 heteroatoms. The minimum Gasteiger partial charge on any atom is -0.373 e. The Kier molecular flexibility index (Phi) is 2.67. The average molecular weight is 230 g/mol. The Labute approximate surface area is 90.7 Å². The van der Waals surface area contributed by atoms with Crippen LogP contribution in [-0.4, -0.2) is 22.3 Å². The maximum absolute atomic E-state index is 11.4. The van der Waals surface area contributed by atoms with Gasteiger partial charge in [-0.3, -0.25) is 9.69 Å². The van der Waals surface area contributed by atoms with Crippen molar-refractivity contribution >= 4 is 35.0 Å². The van der Waals surface area contributed by atoms with Gasteiger partial charge in [0.1, 0.15) is 0 Å². The van der Waals surface area contributed by atoms with E-state index in [1.165, 1.54) is 16.7 Å². The molecule has 74 valence electrons. The van der Waals surface area contributed by atoms with E-state index in [2.05, 4.69) is 0 Å².